The highest BCUT2D eigenvalue weighted by molar-refractivity contribution is 9.10. The van der Waals surface area contributed by atoms with Crippen molar-refractivity contribution < 1.29 is 52.5 Å². The molecule has 104 heavy (non-hydrogen) atoms. The molecule has 6 aromatic rings. The molecular weight excluding hydrogens is 1430 g/mol. The lowest BCUT2D eigenvalue weighted by Gasteiger charge is -2.32. The molecule has 10 rings (SSSR count). The van der Waals surface area contributed by atoms with Crippen molar-refractivity contribution in [2.75, 3.05) is 13.2 Å². The first-order valence-electron chi connectivity index (χ1n) is 37.0. The molecule has 4 aliphatic rings. The Balaban J connectivity index is 0.000000207. The fourth-order valence-corrected chi connectivity index (χ4v) is 17.0. The van der Waals surface area contributed by atoms with E-state index in [0.29, 0.717) is 18.6 Å². The van der Waals surface area contributed by atoms with Gasteiger partial charge in [-0.05, 0) is 294 Å². The molecule has 1 N–H and O–H groups in total. The van der Waals surface area contributed by atoms with Gasteiger partial charge in [0.05, 0.1) is 62.4 Å². The quantitative estimate of drug-likeness (QED) is 0.0519. The van der Waals surface area contributed by atoms with Gasteiger partial charge in [-0.1, -0.05) is 78.0 Å². The number of aromatic nitrogens is 3. The first-order valence-corrected chi connectivity index (χ1v) is 40.2. The molecule has 1 saturated heterocycles. The van der Waals surface area contributed by atoms with E-state index < -0.39 is 59.4 Å². The predicted octanol–water partition coefficient (Wildman–Crippen LogP) is 22.9. The van der Waals surface area contributed by atoms with Gasteiger partial charge in [0.1, 0.15) is 4.60 Å². The van der Waals surface area contributed by atoms with Crippen molar-refractivity contribution in [2.45, 2.75) is 291 Å². The van der Waals surface area contributed by atoms with Gasteiger partial charge in [-0.2, -0.15) is 0 Å². The zero-order chi connectivity index (χ0) is 77.6. The van der Waals surface area contributed by atoms with Crippen molar-refractivity contribution in [1.82, 2.24) is 15.0 Å². The van der Waals surface area contributed by atoms with Gasteiger partial charge in [-0.3, -0.25) is 9.97 Å². The van der Waals surface area contributed by atoms with Crippen LogP contribution in [0.15, 0.2) is 77.4 Å². The van der Waals surface area contributed by atoms with Crippen LogP contribution in [0.4, 0.5) is 0 Å². The number of allylic oxidation sites excluding steroid dienone is 6. The number of hydrogen-bond acceptors (Lipinski definition) is 16. The van der Waals surface area contributed by atoms with Crippen LogP contribution < -0.4 is 4.78 Å². The summed E-state index contributed by atoms with van der Waals surface area (Å²) in [4.78, 5) is 57.6. The summed E-state index contributed by atoms with van der Waals surface area (Å²) in [6, 6.07) is 18.0. The van der Waals surface area contributed by atoms with Crippen LogP contribution in [0.25, 0.3) is 37.9 Å². The Hall–Kier alpha value is -5.48. The van der Waals surface area contributed by atoms with Gasteiger partial charge in [-0.25, -0.2) is 19.4 Å². The minimum absolute atomic E-state index is 0.266. The summed E-state index contributed by atoms with van der Waals surface area (Å²) in [7, 11) is -0.495. The van der Waals surface area contributed by atoms with E-state index in [4.69, 9.17) is 43.0 Å². The number of carboxylic acids is 1. The van der Waals surface area contributed by atoms with Crippen molar-refractivity contribution in [3.8, 4) is 21.1 Å². The fourth-order valence-electron chi connectivity index (χ4n) is 13.0. The van der Waals surface area contributed by atoms with Crippen molar-refractivity contribution in [3.05, 3.63) is 143 Å². The van der Waals surface area contributed by atoms with Crippen molar-refractivity contribution in [1.29, 1.82) is 0 Å². The third kappa shape index (κ3) is 22.8. The smallest absolute Gasteiger partial charge is 0.479 e. The lowest BCUT2D eigenvalue weighted by molar-refractivity contribution is -0.167. The minimum atomic E-state index is -1.01. The van der Waals surface area contributed by atoms with Gasteiger partial charge >= 0.3 is 25.0 Å². The molecule has 0 radical (unpaired) electrons. The molecule has 6 aromatic heterocycles. The number of thiophene rings is 3. The summed E-state index contributed by atoms with van der Waals surface area (Å²) >= 11 is 8.21. The second-order valence-electron chi connectivity index (χ2n) is 34.3. The number of pyridine rings is 3. The number of hydrogen-bond donors (Lipinski definition) is 1. The lowest BCUT2D eigenvalue weighted by Crippen LogP contribution is -2.41. The molecule has 0 amide bonds. The van der Waals surface area contributed by atoms with Crippen LogP contribution in [0, 0.1) is 57.8 Å². The van der Waals surface area contributed by atoms with E-state index >= 15 is 0 Å². The van der Waals surface area contributed by atoms with Gasteiger partial charge in [0.2, 0.25) is 0 Å². The average Bonchev–Trinajstić information content (AvgIpc) is 1.59. The molecule has 14 nitrogen and oxygen atoms in total. The van der Waals surface area contributed by atoms with E-state index in [1.807, 2.05) is 152 Å². The second-order valence-corrected chi connectivity index (χ2v) is 38.9. The largest absolute Gasteiger partial charge is 0.506 e. The highest BCUT2D eigenvalue weighted by Crippen LogP contribution is 2.52. The summed E-state index contributed by atoms with van der Waals surface area (Å²) in [6.07, 6.45) is 13.5. The van der Waals surface area contributed by atoms with Gasteiger partial charge < -0.3 is 38.1 Å². The normalized spacial score (nSPS) is 18.3. The molecule has 0 spiro atoms. The molecule has 7 heterocycles. The topological polar surface area (TPSA) is 175 Å². The van der Waals surface area contributed by atoms with Crippen molar-refractivity contribution >= 4 is 96.5 Å². The Labute approximate surface area is 643 Å². The molecule has 0 saturated carbocycles. The number of esters is 2. The van der Waals surface area contributed by atoms with Gasteiger partial charge in [-0.15, -0.1) is 34.0 Å². The number of aryl methyl sites for hydroxylation is 6. The third-order valence-corrected chi connectivity index (χ3v) is 23.2. The SMILES string of the molecule is CCOC(=O)C(OC(C)(C)C)c1c(C)sc(-c2cccc(C)n2)c1C1=CCC(C)(C)CC1.CCOC(=O)C(OC(C)(C)C)c1c(C)sc(B2OC(C)(C)C(C)(C)O2)c1C1=CCC(C)(C)CC1.Cc1cccc(-c2sc(C)c(C(OC(C)(C)C)C(=O)O)c2C2=CCC(C)(C)CC2)n1.Cc1cccc(Br)n1. The second kappa shape index (κ2) is 34.4. The predicted molar refractivity (Wildman–Crippen MR) is 434 cm³/mol. The van der Waals surface area contributed by atoms with Crippen LogP contribution >= 0.6 is 49.9 Å². The monoisotopic (exact) mass is 1540 g/mol. The van der Waals surface area contributed by atoms with Crippen LogP contribution in [-0.2, 0) is 47.4 Å². The Morgan fingerprint density at radius 3 is 1.13 bits per heavy atom. The van der Waals surface area contributed by atoms with Crippen LogP contribution in [0.3, 0.4) is 0 Å². The summed E-state index contributed by atoms with van der Waals surface area (Å²) in [5.74, 6) is -1.63. The number of ether oxygens (including phenoxy) is 5. The molecular formula is C85H119BBrN3O11S3. The molecule has 3 aliphatic carbocycles. The maximum Gasteiger partial charge on any atom is 0.506 e. The molecule has 1 aliphatic heterocycles. The van der Waals surface area contributed by atoms with Crippen LogP contribution in [0.2, 0.25) is 0 Å². The van der Waals surface area contributed by atoms with E-state index in [1.54, 1.807) is 34.0 Å². The van der Waals surface area contributed by atoms with E-state index in [1.165, 1.54) is 16.7 Å². The highest BCUT2D eigenvalue weighted by atomic mass is 79.9. The number of rotatable bonds is 17. The number of carbonyl (C=O) groups is 3. The lowest BCUT2D eigenvalue weighted by atomic mass is 9.73. The van der Waals surface area contributed by atoms with E-state index in [9.17, 15) is 19.5 Å². The number of halogens is 1. The molecule has 0 aromatic carbocycles. The van der Waals surface area contributed by atoms with Crippen molar-refractivity contribution in [2.24, 2.45) is 16.2 Å². The molecule has 3 unspecified atom stereocenters. The fraction of sp³-hybridized carbons (Fsp3) is 0.576. The molecule has 1 fully saturated rings. The van der Waals surface area contributed by atoms with E-state index in [-0.39, 0.29) is 22.8 Å². The summed E-state index contributed by atoms with van der Waals surface area (Å²) < 4.78 is 44.6. The minimum Gasteiger partial charge on any atom is -0.479 e. The molecule has 568 valence electrons. The molecule has 3 atom stereocenters. The Morgan fingerprint density at radius 2 is 0.827 bits per heavy atom. The highest BCUT2D eigenvalue weighted by Gasteiger charge is 2.54. The maximum absolute atomic E-state index is 13.2. The number of nitrogens with zero attached hydrogens (tertiary/aromatic N) is 3. The Bertz CT molecular complexity index is 4080. The summed E-state index contributed by atoms with van der Waals surface area (Å²) in [5.41, 5.74) is 12.7. The van der Waals surface area contributed by atoms with Gasteiger partial charge in [0, 0.05) is 64.3 Å². The van der Waals surface area contributed by atoms with Gasteiger partial charge in [0.25, 0.3) is 0 Å². The van der Waals surface area contributed by atoms with E-state index in [0.717, 1.165) is 153 Å². The van der Waals surface area contributed by atoms with Crippen LogP contribution in [0.1, 0.15) is 287 Å². The third-order valence-electron chi connectivity index (χ3n) is 19.3. The maximum atomic E-state index is 13.2. The first-order chi connectivity index (χ1) is 48.1. The van der Waals surface area contributed by atoms with Crippen LogP contribution in [0.5, 0.6) is 0 Å². The summed E-state index contributed by atoms with van der Waals surface area (Å²) in [6.45, 7) is 56.0. The number of carbonyl (C=O) groups excluding carboxylic acids is 2. The zero-order valence-electron chi connectivity index (χ0n) is 67.5. The van der Waals surface area contributed by atoms with Gasteiger partial charge in [0.15, 0.2) is 18.3 Å². The standard InChI is InChI=1S/C27H43BO5S.C27H37NO3S.C25H33NO3S.C6H6BrN/c1-12-30-23(29)21(31-24(3,4)5)19-17(2)34-22(28-32-26(8,9)27(10,11)33-28)20(19)18-13-15-25(6,7)16-14-18;1-9-30-25(29)23(31-26(4,5)6)21-18(3)32-24(20-12-10-11-17(2)28-20)22(21)19-13-15-27(7,8)16-14-19;1-15-9-8-10-18(26-15)22-20(17-11-13-25(6,7)14-12-17)19(16(2)30-22)21(23(27)28)29-24(3,4)5;1-5-3-2-4-6(7)8-5/h13,21H,12,14-16H2,1-11H3;10-13,23H,9,14-16H2,1-8H3;8-11,21H,12-14H2,1-7H3,(H,27,28);2-4H,1H3. The number of carboxylic acid groups (broad SMARTS) is 1. The van der Waals surface area contributed by atoms with Crippen LogP contribution in [-0.4, -0.2) is 86.3 Å². The Kier molecular flexibility index (Phi) is 28.4. The average molecular weight is 1550 g/mol. The summed E-state index contributed by atoms with van der Waals surface area (Å²) in [5, 5.41) is 10.1. The number of aliphatic carboxylic acids is 1. The zero-order valence-corrected chi connectivity index (χ0v) is 71.5. The van der Waals surface area contributed by atoms with E-state index in [2.05, 4.69) is 128 Å². The Morgan fingerprint density at radius 1 is 0.500 bits per heavy atom. The molecule has 19 heteroatoms. The van der Waals surface area contributed by atoms with Crippen molar-refractivity contribution in [3.63, 3.8) is 0 Å². The first kappa shape index (κ1) is 85.8. The molecule has 0 bridgehead atoms.